The fraction of sp³-hybridized carbons (Fsp3) is 0.375. The van der Waals surface area contributed by atoms with Gasteiger partial charge in [0.15, 0.2) is 0 Å². The molecule has 19 heavy (non-hydrogen) atoms. The first kappa shape index (κ1) is 13.7. The van der Waals surface area contributed by atoms with Crippen LogP contribution in [0.4, 0.5) is 0 Å². The zero-order valence-electron chi connectivity index (χ0n) is 11.9. The van der Waals surface area contributed by atoms with Crippen LogP contribution in [-0.4, -0.2) is 16.7 Å². The lowest BCUT2D eigenvalue weighted by Gasteiger charge is -2.18. The van der Waals surface area contributed by atoms with Crippen LogP contribution in [0.2, 0.25) is 0 Å². The molecule has 1 heterocycles. The molecule has 0 saturated heterocycles. The summed E-state index contributed by atoms with van der Waals surface area (Å²) in [6, 6.07) is 9.04. The molecule has 3 heteroatoms. The Labute approximate surface area is 115 Å². The van der Waals surface area contributed by atoms with Crippen molar-refractivity contribution in [1.29, 1.82) is 0 Å². The molecule has 2 rings (SSSR count). The van der Waals surface area contributed by atoms with Crippen molar-refractivity contribution in [3.8, 4) is 0 Å². The van der Waals surface area contributed by atoms with E-state index in [-0.39, 0.29) is 0 Å². The molecular weight excluding hydrogens is 234 g/mol. The van der Waals surface area contributed by atoms with Gasteiger partial charge in [-0.25, -0.2) is 0 Å². The van der Waals surface area contributed by atoms with Crippen LogP contribution in [-0.2, 0) is 6.42 Å². The van der Waals surface area contributed by atoms with Crippen molar-refractivity contribution in [2.45, 2.75) is 33.2 Å². The maximum absolute atomic E-state index is 3.97. The van der Waals surface area contributed by atoms with Gasteiger partial charge < -0.3 is 5.32 Å². The average Bonchev–Trinajstić information content (AvgIpc) is 2.38. The van der Waals surface area contributed by atoms with E-state index in [0.29, 0.717) is 6.04 Å². The highest BCUT2D eigenvalue weighted by atomic mass is 15.1. The van der Waals surface area contributed by atoms with Crippen LogP contribution in [0.3, 0.4) is 0 Å². The molecule has 0 radical (unpaired) electrons. The number of benzene rings is 1. The maximum Gasteiger partial charge on any atom is 0.0544 e. The molecule has 0 aliphatic carbocycles. The monoisotopic (exact) mass is 255 g/mol. The van der Waals surface area contributed by atoms with Gasteiger partial charge in [0.2, 0.25) is 0 Å². The average molecular weight is 255 g/mol. The Balaban J connectivity index is 2.21. The van der Waals surface area contributed by atoms with E-state index >= 15 is 0 Å². The summed E-state index contributed by atoms with van der Waals surface area (Å²) < 4.78 is 0. The van der Waals surface area contributed by atoms with Crippen LogP contribution in [0.5, 0.6) is 0 Å². The van der Waals surface area contributed by atoms with Gasteiger partial charge in [-0.15, -0.1) is 0 Å². The van der Waals surface area contributed by atoms with Gasteiger partial charge in [0, 0.05) is 12.2 Å². The first-order valence-corrected chi connectivity index (χ1v) is 6.76. The van der Waals surface area contributed by atoms with Gasteiger partial charge in [-0.1, -0.05) is 36.2 Å². The molecule has 0 spiro atoms. The van der Waals surface area contributed by atoms with E-state index < -0.39 is 0 Å². The Morgan fingerprint density at radius 1 is 1.11 bits per heavy atom. The van der Waals surface area contributed by atoms with E-state index in [4.69, 9.17) is 0 Å². The minimum absolute atomic E-state index is 0.293. The second-order valence-corrected chi connectivity index (χ2v) is 4.99. The fourth-order valence-corrected chi connectivity index (χ4v) is 2.48. The number of hydrogen-bond donors (Lipinski definition) is 1. The smallest absolute Gasteiger partial charge is 0.0544 e. The summed E-state index contributed by atoms with van der Waals surface area (Å²) in [6.07, 6.45) is 4.57. The molecule has 1 aromatic carbocycles. The Bertz CT molecular complexity index is 503. The van der Waals surface area contributed by atoms with Crippen LogP contribution in [0, 0.1) is 13.8 Å². The van der Waals surface area contributed by atoms with Crippen molar-refractivity contribution >= 4 is 0 Å². The molecule has 1 aromatic heterocycles. The second-order valence-electron chi connectivity index (χ2n) is 4.99. The SMILES string of the molecule is CCNC(Cc1cc(C)cc(C)c1)c1ccnnc1. The Hall–Kier alpha value is -1.74. The number of rotatable bonds is 5. The second kappa shape index (κ2) is 6.43. The molecule has 0 bridgehead atoms. The normalized spacial score (nSPS) is 12.4. The van der Waals surface area contributed by atoms with Crippen molar-refractivity contribution < 1.29 is 0 Å². The lowest BCUT2D eigenvalue weighted by atomic mass is 9.97. The van der Waals surface area contributed by atoms with Gasteiger partial charge >= 0.3 is 0 Å². The van der Waals surface area contributed by atoms with E-state index in [1.165, 1.54) is 22.3 Å². The van der Waals surface area contributed by atoms with E-state index in [1.807, 2.05) is 12.3 Å². The molecule has 0 fully saturated rings. The first-order valence-electron chi connectivity index (χ1n) is 6.76. The minimum Gasteiger partial charge on any atom is -0.310 e. The Morgan fingerprint density at radius 3 is 2.42 bits per heavy atom. The molecule has 0 aliphatic heterocycles. The molecule has 100 valence electrons. The van der Waals surface area contributed by atoms with E-state index in [0.717, 1.165) is 13.0 Å². The van der Waals surface area contributed by atoms with Crippen LogP contribution in [0.25, 0.3) is 0 Å². The molecule has 3 nitrogen and oxygen atoms in total. The highest BCUT2D eigenvalue weighted by Gasteiger charge is 2.11. The van der Waals surface area contributed by atoms with E-state index in [9.17, 15) is 0 Å². The molecule has 0 saturated carbocycles. The molecule has 2 aromatic rings. The topological polar surface area (TPSA) is 37.8 Å². The van der Waals surface area contributed by atoms with Crippen molar-refractivity contribution in [2.75, 3.05) is 6.54 Å². The molecule has 1 atom stereocenters. The zero-order valence-corrected chi connectivity index (χ0v) is 11.9. The minimum atomic E-state index is 0.293. The van der Waals surface area contributed by atoms with Gasteiger partial charge in [0.25, 0.3) is 0 Å². The standard InChI is InChI=1S/C16H21N3/c1-4-17-16(15-5-6-18-19-11-15)10-14-8-12(2)7-13(3)9-14/h5-9,11,16-17H,4,10H2,1-3H3. The summed E-state index contributed by atoms with van der Waals surface area (Å²) in [4.78, 5) is 0. The predicted molar refractivity (Wildman–Crippen MR) is 78.1 cm³/mol. The van der Waals surface area contributed by atoms with Gasteiger partial charge in [0.05, 0.1) is 6.20 Å². The summed E-state index contributed by atoms with van der Waals surface area (Å²) in [5.74, 6) is 0. The summed E-state index contributed by atoms with van der Waals surface area (Å²) in [5, 5.41) is 11.3. The molecule has 1 N–H and O–H groups in total. The van der Waals surface area contributed by atoms with Gasteiger partial charge in [-0.3, -0.25) is 0 Å². The highest BCUT2D eigenvalue weighted by molar-refractivity contribution is 5.30. The van der Waals surface area contributed by atoms with E-state index in [2.05, 4.69) is 54.5 Å². The van der Waals surface area contributed by atoms with Crippen molar-refractivity contribution in [3.63, 3.8) is 0 Å². The van der Waals surface area contributed by atoms with Crippen LogP contribution in [0.15, 0.2) is 36.7 Å². The summed E-state index contributed by atoms with van der Waals surface area (Å²) in [6.45, 7) is 7.36. The molecule has 0 amide bonds. The number of aryl methyl sites for hydroxylation is 2. The summed E-state index contributed by atoms with van der Waals surface area (Å²) in [7, 11) is 0. The molecule has 0 aliphatic rings. The van der Waals surface area contributed by atoms with Crippen molar-refractivity contribution in [1.82, 2.24) is 15.5 Å². The van der Waals surface area contributed by atoms with Gasteiger partial charge in [-0.2, -0.15) is 10.2 Å². The number of hydrogen-bond acceptors (Lipinski definition) is 3. The number of likely N-dealkylation sites (N-methyl/N-ethyl adjacent to an activating group) is 1. The van der Waals surface area contributed by atoms with Crippen LogP contribution < -0.4 is 5.32 Å². The first-order chi connectivity index (χ1) is 9.19. The van der Waals surface area contributed by atoms with Crippen molar-refractivity contribution in [3.05, 3.63) is 58.9 Å². The van der Waals surface area contributed by atoms with Gasteiger partial charge in [-0.05, 0) is 44.0 Å². The Kier molecular flexibility index (Phi) is 4.63. The number of nitrogens with one attached hydrogen (secondary N) is 1. The number of aromatic nitrogens is 2. The lowest BCUT2D eigenvalue weighted by molar-refractivity contribution is 0.546. The molecule has 1 unspecified atom stereocenters. The van der Waals surface area contributed by atoms with Crippen molar-refractivity contribution in [2.24, 2.45) is 0 Å². The third-order valence-electron chi connectivity index (χ3n) is 3.18. The third kappa shape index (κ3) is 3.86. The predicted octanol–water partition coefficient (Wildman–Crippen LogP) is 2.99. The fourth-order valence-electron chi connectivity index (χ4n) is 2.48. The van der Waals surface area contributed by atoms with Crippen LogP contribution >= 0.6 is 0 Å². The zero-order chi connectivity index (χ0) is 13.7. The van der Waals surface area contributed by atoms with Crippen LogP contribution in [0.1, 0.15) is 35.2 Å². The quantitative estimate of drug-likeness (QED) is 0.892. The molecular formula is C16H21N3. The maximum atomic E-state index is 3.97. The number of nitrogens with zero attached hydrogens (tertiary/aromatic N) is 2. The largest absolute Gasteiger partial charge is 0.310 e. The third-order valence-corrected chi connectivity index (χ3v) is 3.18. The van der Waals surface area contributed by atoms with Gasteiger partial charge in [0.1, 0.15) is 0 Å². The Morgan fingerprint density at radius 2 is 1.84 bits per heavy atom. The lowest BCUT2D eigenvalue weighted by Crippen LogP contribution is -2.23. The highest BCUT2D eigenvalue weighted by Crippen LogP contribution is 2.19. The summed E-state index contributed by atoms with van der Waals surface area (Å²) >= 11 is 0. The summed E-state index contributed by atoms with van der Waals surface area (Å²) in [5.41, 5.74) is 5.19. The van der Waals surface area contributed by atoms with E-state index in [1.54, 1.807) is 6.20 Å².